The van der Waals surface area contributed by atoms with Crippen LogP contribution in [0.2, 0.25) is 0 Å². The highest BCUT2D eigenvalue weighted by atomic mass is 32.2. The van der Waals surface area contributed by atoms with E-state index in [2.05, 4.69) is 53.6 Å². The van der Waals surface area contributed by atoms with Crippen molar-refractivity contribution in [3.05, 3.63) is 83.9 Å². The van der Waals surface area contributed by atoms with Gasteiger partial charge in [-0.05, 0) is 65.1 Å². The first kappa shape index (κ1) is 26.9. The largest absolute Gasteiger partial charge is 0.497 e. The zero-order valence-electron chi connectivity index (χ0n) is 22.1. The molecule has 1 N–H and O–H groups in total. The molecule has 0 unspecified atom stereocenters. The topological polar surface area (TPSA) is 90.6 Å². The van der Waals surface area contributed by atoms with E-state index in [1.807, 2.05) is 65.2 Å². The van der Waals surface area contributed by atoms with Gasteiger partial charge in [-0.2, -0.15) is 5.10 Å². The molecule has 0 atom stereocenters. The Hall–Kier alpha value is -4.11. The number of rotatable bonds is 9. The summed E-state index contributed by atoms with van der Waals surface area (Å²) in [5.41, 5.74) is 6.55. The third-order valence-electron chi connectivity index (χ3n) is 5.82. The fourth-order valence-corrected chi connectivity index (χ4v) is 4.41. The first-order valence-corrected chi connectivity index (χ1v) is 13.1. The van der Waals surface area contributed by atoms with Crippen LogP contribution in [0.3, 0.4) is 0 Å². The molecule has 0 saturated carbocycles. The molecular weight excluding hydrogens is 498 g/mol. The number of benzene rings is 3. The molecular formula is C29H31N5O3S. The van der Waals surface area contributed by atoms with E-state index in [0.29, 0.717) is 11.0 Å². The zero-order valence-corrected chi connectivity index (χ0v) is 23.0. The monoisotopic (exact) mass is 529 g/mol. The molecule has 0 saturated heterocycles. The van der Waals surface area contributed by atoms with Crippen molar-refractivity contribution in [2.24, 2.45) is 5.10 Å². The second kappa shape index (κ2) is 12.0. The van der Waals surface area contributed by atoms with Gasteiger partial charge in [-0.15, -0.1) is 10.2 Å². The first-order valence-electron chi connectivity index (χ1n) is 12.1. The fourth-order valence-electron chi connectivity index (χ4n) is 3.66. The summed E-state index contributed by atoms with van der Waals surface area (Å²) >= 11 is 1.28. The number of hydrogen-bond donors (Lipinski definition) is 1. The molecule has 8 nitrogen and oxygen atoms in total. The summed E-state index contributed by atoms with van der Waals surface area (Å²) in [7, 11) is 3.25. The van der Waals surface area contributed by atoms with Gasteiger partial charge >= 0.3 is 0 Å². The third kappa shape index (κ3) is 6.60. The highest BCUT2D eigenvalue weighted by molar-refractivity contribution is 7.99. The van der Waals surface area contributed by atoms with Crippen molar-refractivity contribution in [2.45, 2.75) is 31.3 Å². The summed E-state index contributed by atoms with van der Waals surface area (Å²) in [6.45, 7) is 6.51. The molecule has 3 aromatic carbocycles. The van der Waals surface area contributed by atoms with Crippen LogP contribution in [0.1, 0.15) is 31.9 Å². The predicted octanol–water partition coefficient (Wildman–Crippen LogP) is 5.49. The van der Waals surface area contributed by atoms with E-state index in [-0.39, 0.29) is 17.1 Å². The van der Waals surface area contributed by atoms with E-state index in [4.69, 9.17) is 9.47 Å². The van der Waals surface area contributed by atoms with Crippen LogP contribution < -0.4 is 14.9 Å². The Morgan fingerprint density at radius 1 is 0.921 bits per heavy atom. The summed E-state index contributed by atoms with van der Waals surface area (Å²) in [5.74, 6) is 2.02. The number of hydrazone groups is 1. The average Bonchev–Trinajstić information content (AvgIpc) is 3.35. The number of nitrogens with one attached hydrogen (secondary N) is 1. The van der Waals surface area contributed by atoms with Gasteiger partial charge in [0.2, 0.25) is 0 Å². The van der Waals surface area contributed by atoms with Crippen LogP contribution in [0.25, 0.3) is 17.1 Å². The summed E-state index contributed by atoms with van der Waals surface area (Å²) in [5, 5.41) is 13.5. The van der Waals surface area contributed by atoms with Gasteiger partial charge in [0, 0.05) is 11.3 Å². The minimum absolute atomic E-state index is 0.0841. The lowest BCUT2D eigenvalue weighted by atomic mass is 9.87. The van der Waals surface area contributed by atoms with Gasteiger partial charge < -0.3 is 9.47 Å². The van der Waals surface area contributed by atoms with Crippen molar-refractivity contribution in [1.82, 2.24) is 20.2 Å². The number of hydrogen-bond acceptors (Lipinski definition) is 7. The summed E-state index contributed by atoms with van der Waals surface area (Å²) < 4.78 is 12.5. The maximum absolute atomic E-state index is 12.5. The number of aromatic nitrogens is 3. The lowest BCUT2D eigenvalue weighted by Gasteiger charge is -2.18. The summed E-state index contributed by atoms with van der Waals surface area (Å²) in [4.78, 5) is 12.5. The van der Waals surface area contributed by atoms with Crippen molar-refractivity contribution in [3.8, 4) is 28.6 Å². The minimum atomic E-state index is -0.243. The van der Waals surface area contributed by atoms with Crippen LogP contribution in [-0.4, -0.2) is 46.9 Å². The highest BCUT2D eigenvalue weighted by Crippen LogP contribution is 2.30. The molecule has 0 aliphatic carbocycles. The molecule has 4 rings (SSSR count). The Labute approximate surface area is 227 Å². The van der Waals surface area contributed by atoms with Crippen LogP contribution in [0.15, 0.2) is 83.1 Å². The molecule has 1 heterocycles. The van der Waals surface area contributed by atoms with Crippen LogP contribution in [-0.2, 0) is 10.2 Å². The van der Waals surface area contributed by atoms with E-state index >= 15 is 0 Å². The number of thioether (sulfide) groups is 1. The standard InChI is InChI=1S/C29H31N5O3S/c1-29(2,3)22-10-6-20(7-11-22)18-30-31-26(35)19-38-28-33-32-27(21-8-14-24(36-4)15-9-21)34(28)23-12-16-25(37-5)17-13-23/h6-18H,19H2,1-5H3,(H,31,35)/b30-18-. The lowest BCUT2D eigenvalue weighted by molar-refractivity contribution is -0.118. The SMILES string of the molecule is COc1ccc(-c2nnc(SCC(=O)N/N=C\c3ccc(C(C)(C)C)cc3)n2-c2ccc(OC)cc2)cc1. The molecule has 0 bridgehead atoms. The molecule has 0 aliphatic rings. The molecule has 38 heavy (non-hydrogen) atoms. The van der Waals surface area contributed by atoms with Crippen molar-refractivity contribution in [2.75, 3.05) is 20.0 Å². The van der Waals surface area contributed by atoms with E-state index in [1.54, 1.807) is 20.4 Å². The Bertz CT molecular complexity index is 1390. The zero-order chi connectivity index (χ0) is 27.1. The Morgan fingerprint density at radius 2 is 1.53 bits per heavy atom. The van der Waals surface area contributed by atoms with Crippen molar-refractivity contribution < 1.29 is 14.3 Å². The lowest BCUT2D eigenvalue weighted by Crippen LogP contribution is -2.20. The van der Waals surface area contributed by atoms with Gasteiger partial charge in [0.05, 0.1) is 26.2 Å². The van der Waals surface area contributed by atoms with Crippen LogP contribution >= 0.6 is 11.8 Å². The number of methoxy groups -OCH3 is 2. The smallest absolute Gasteiger partial charge is 0.250 e. The van der Waals surface area contributed by atoms with E-state index in [1.165, 1.54) is 17.3 Å². The predicted molar refractivity (Wildman–Crippen MR) is 152 cm³/mol. The second-order valence-electron chi connectivity index (χ2n) is 9.52. The van der Waals surface area contributed by atoms with Gasteiger partial charge in [-0.3, -0.25) is 9.36 Å². The first-order chi connectivity index (χ1) is 18.3. The second-order valence-corrected chi connectivity index (χ2v) is 10.5. The molecule has 1 aromatic heterocycles. The van der Waals surface area contributed by atoms with E-state index in [0.717, 1.165) is 28.3 Å². The molecule has 4 aromatic rings. The van der Waals surface area contributed by atoms with Crippen molar-refractivity contribution >= 4 is 23.9 Å². The molecule has 0 aliphatic heterocycles. The van der Waals surface area contributed by atoms with E-state index < -0.39 is 0 Å². The Balaban J connectivity index is 1.48. The highest BCUT2D eigenvalue weighted by Gasteiger charge is 2.18. The molecule has 0 radical (unpaired) electrons. The molecule has 0 spiro atoms. The van der Waals surface area contributed by atoms with Crippen LogP contribution in [0.5, 0.6) is 11.5 Å². The fraction of sp³-hybridized carbons (Fsp3) is 0.241. The number of ether oxygens (including phenoxy) is 2. The number of amides is 1. The van der Waals surface area contributed by atoms with Gasteiger partial charge in [0.25, 0.3) is 5.91 Å². The summed E-state index contributed by atoms with van der Waals surface area (Å²) in [6.07, 6.45) is 1.64. The number of carbonyl (C=O) groups is 1. The maximum Gasteiger partial charge on any atom is 0.250 e. The minimum Gasteiger partial charge on any atom is -0.497 e. The molecule has 9 heteroatoms. The number of nitrogens with zero attached hydrogens (tertiary/aromatic N) is 4. The van der Waals surface area contributed by atoms with Gasteiger partial charge in [0.15, 0.2) is 11.0 Å². The normalized spacial score (nSPS) is 11.5. The molecule has 196 valence electrons. The third-order valence-corrected chi connectivity index (χ3v) is 6.75. The van der Waals surface area contributed by atoms with Crippen LogP contribution in [0.4, 0.5) is 0 Å². The average molecular weight is 530 g/mol. The molecule has 1 amide bonds. The van der Waals surface area contributed by atoms with Crippen molar-refractivity contribution in [3.63, 3.8) is 0 Å². The summed E-state index contributed by atoms with van der Waals surface area (Å²) in [6, 6.07) is 23.3. The van der Waals surface area contributed by atoms with Gasteiger partial charge in [-0.1, -0.05) is 56.8 Å². The van der Waals surface area contributed by atoms with E-state index in [9.17, 15) is 4.79 Å². The van der Waals surface area contributed by atoms with Crippen LogP contribution in [0, 0.1) is 0 Å². The van der Waals surface area contributed by atoms with Gasteiger partial charge in [0.1, 0.15) is 11.5 Å². The molecule has 0 fully saturated rings. The Kier molecular flexibility index (Phi) is 8.48. The maximum atomic E-state index is 12.5. The number of carbonyl (C=O) groups excluding carboxylic acids is 1. The van der Waals surface area contributed by atoms with Crippen molar-refractivity contribution in [1.29, 1.82) is 0 Å². The Morgan fingerprint density at radius 3 is 2.11 bits per heavy atom. The van der Waals surface area contributed by atoms with Gasteiger partial charge in [-0.25, -0.2) is 5.43 Å². The quantitative estimate of drug-likeness (QED) is 0.175.